The third-order valence-electron chi connectivity index (χ3n) is 1.90. The Balaban J connectivity index is 2.55. The van der Waals surface area contributed by atoms with Gasteiger partial charge in [0, 0.05) is 5.69 Å². The molecule has 0 aromatic carbocycles. The maximum absolute atomic E-state index is 10.7. The van der Waals surface area contributed by atoms with E-state index in [0.717, 1.165) is 21.6 Å². The molecule has 0 saturated heterocycles. The number of aromatic nitrogens is 2. The van der Waals surface area contributed by atoms with Crippen LogP contribution in [0.5, 0.6) is 0 Å². The maximum atomic E-state index is 10.7. The minimum atomic E-state index is -0.601. The Morgan fingerprint density at radius 3 is 2.87 bits per heavy atom. The largest absolute Gasteiger partial charge is 0.351 e. The molecule has 2 aromatic heterocycles. The van der Waals surface area contributed by atoms with Gasteiger partial charge in [-0.3, -0.25) is 10.3 Å². The lowest BCUT2D eigenvalue weighted by Crippen LogP contribution is -2.18. The molecule has 0 aliphatic heterocycles. The number of nitrogens with one attached hydrogen (secondary N) is 1. The average molecular weight is 222 g/mol. The number of amides is 2. The fourth-order valence-electron chi connectivity index (χ4n) is 1.39. The summed E-state index contributed by atoms with van der Waals surface area (Å²) in [5.41, 5.74) is 7.69. The SMILES string of the molecule is Cc1cc2nc(NC(N)=O)sc2c(C)n1. The van der Waals surface area contributed by atoms with E-state index >= 15 is 0 Å². The molecule has 0 atom stereocenters. The number of primary amides is 1. The number of carbonyl (C=O) groups excluding carboxylic acids is 1. The molecule has 2 aromatic rings. The summed E-state index contributed by atoms with van der Waals surface area (Å²) in [5, 5.41) is 2.97. The van der Waals surface area contributed by atoms with Crippen molar-refractivity contribution in [3.8, 4) is 0 Å². The monoisotopic (exact) mass is 222 g/mol. The molecule has 3 N–H and O–H groups in total. The summed E-state index contributed by atoms with van der Waals surface area (Å²) in [6, 6.07) is 1.28. The van der Waals surface area contributed by atoms with Crippen LogP contribution in [0.15, 0.2) is 6.07 Å². The second-order valence-corrected chi connectivity index (χ2v) is 4.20. The number of hydrogen-bond donors (Lipinski definition) is 2. The zero-order valence-electron chi connectivity index (χ0n) is 8.37. The maximum Gasteiger partial charge on any atom is 0.318 e. The Bertz CT molecular complexity index is 534. The highest BCUT2D eigenvalue weighted by Crippen LogP contribution is 2.28. The van der Waals surface area contributed by atoms with Gasteiger partial charge in [-0.1, -0.05) is 11.3 Å². The molecule has 6 heteroatoms. The molecule has 0 unspecified atom stereocenters. The van der Waals surface area contributed by atoms with E-state index < -0.39 is 6.03 Å². The Hall–Kier alpha value is -1.69. The Kier molecular flexibility index (Phi) is 2.28. The van der Waals surface area contributed by atoms with Gasteiger partial charge in [0.05, 0.1) is 15.9 Å². The van der Waals surface area contributed by atoms with Crippen molar-refractivity contribution in [1.82, 2.24) is 9.97 Å². The van der Waals surface area contributed by atoms with Crippen molar-refractivity contribution in [3.05, 3.63) is 17.5 Å². The Morgan fingerprint density at radius 2 is 2.20 bits per heavy atom. The van der Waals surface area contributed by atoms with Crippen molar-refractivity contribution < 1.29 is 4.79 Å². The fraction of sp³-hybridized carbons (Fsp3) is 0.222. The molecule has 2 rings (SSSR count). The molecule has 0 aliphatic rings. The summed E-state index contributed by atoms with van der Waals surface area (Å²) in [6.07, 6.45) is 0. The first-order valence-electron chi connectivity index (χ1n) is 4.37. The summed E-state index contributed by atoms with van der Waals surface area (Å²) in [7, 11) is 0. The summed E-state index contributed by atoms with van der Waals surface area (Å²) < 4.78 is 0.976. The van der Waals surface area contributed by atoms with Gasteiger partial charge in [-0.05, 0) is 19.9 Å². The lowest BCUT2D eigenvalue weighted by Gasteiger charge is -1.94. The Morgan fingerprint density at radius 1 is 1.47 bits per heavy atom. The fourth-order valence-corrected chi connectivity index (χ4v) is 2.28. The van der Waals surface area contributed by atoms with E-state index in [1.165, 1.54) is 11.3 Å². The van der Waals surface area contributed by atoms with Crippen LogP contribution in [-0.2, 0) is 0 Å². The van der Waals surface area contributed by atoms with E-state index in [0.29, 0.717) is 5.13 Å². The van der Waals surface area contributed by atoms with E-state index in [1.807, 2.05) is 19.9 Å². The standard InChI is InChI=1S/C9H10N4OS/c1-4-3-6-7(5(2)11-4)15-9(12-6)13-8(10)14/h3H,1-2H3,(H3,10,12,13,14). The quantitative estimate of drug-likeness (QED) is 0.772. The molecule has 0 bridgehead atoms. The van der Waals surface area contributed by atoms with E-state index in [-0.39, 0.29) is 0 Å². The first-order chi connectivity index (χ1) is 7.06. The molecule has 0 radical (unpaired) electrons. The van der Waals surface area contributed by atoms with E-state index in [1.54, 1.807) is 0 Å². The predicted octanol–water partition coefficient (Wildman–Crippen LogP) is 1.80. The molecule has 78 valence electrons. The van der Waals surface area contributed by atoms with Crippen molar-refractivity contribution in [3.63, 3.8) is 0 Å². The number of pyridine rings is 1. The predicted molar refractivity (Wildman–Crippen MR) is 60.1 cm³/mol. The van der Waals surface area contributed by atoms with Crippen LogP contribution < -0.4 is 11.1 Å². The topological polar surface area (TPSA) is 80.9 Å². The van der Waals surface area contributed by atoms with Crippen LogP contribution in [0, 0.1) is 13.8 Å². The number of carbonyl (C=O) groups is 1. The number of urea groups is 1. The van der Waals surface area contributed by atoms with Gasteiger partial charge >= 0.3 is 6.03 Å². The molecule has 0 aliphatic carbocycles. The molecule has 15 heavy (non-hydrogen) atoms. The van der Waals surface area contributed by atoms with Crippen LogP contribution in [0.2, 0.25) is 0 Å². The molecule has 5 nitrogen and oxygen atoms in total. The molecule has 0 saturated carbocycles. The van der Waals surface area contributed by atoms with E-state index in [2.05, 4.69) is 15.3 Å². The van der Waals surface area contributed by atoms with Gasteiger partial charge < -0.3 is 5.73 Å². The van der Waals surface area contributed by atoms with Crippen LogP contribution in [-0.4, -0.2) is 16.0 Å². The van der Waals surface area contributed by atoms with Crippen molar-refractivity contribution in [2.75, 3.05) is 5.32 Å². The van der Waals surface area contributed by atoms with Gasteiger partial charge in [-0.2, -0.15) is 0 Å². The van der Waals surface area contributed by atoms with Crippen molar-refractivity contribution in [1.29, 1.82) is 0 Å². The first kappa shape index (κ1) is 9.85. The number of fused-ring (bicyclic) bond motifs is 1. The molecular weight excluding hydrogens is 212 g/mol. The number of nitrogens with two attached hydrogens (primary N) is 1. The third kappa shape index (κ3) is 1.89. The number of rotatable bonds is 1. The normalized spacial score (nSPS) is 10.5. The number of anilines is 1. The molecule has 0 fully saturated rings. The van der Waals surface area contributed by atoms with Gasteiger partial charge in [0.25, 0.3) is 0 Å². The Labute approximate surface area is 90.3 Å². The second-order valence-electron chi connectivity index (χ2n) is 3.21. The highest BCUT2D eigenvalue weighted by molar-refractivity contribution is 7.22. The molecular formula is C9H10N4OS. The highest BCUT2D eigenvalue weighted by atomic mass is 32.1. The first-order valence-corrected chi connectivity index (χ1v) is 5.19. The minimum Gasteiger partial charge on any atom is -0.351 e. The summed E-state index contributed by atoms with van der Waals surface area (Å²) in [5.74, 6) is 0. The van der Waals surface area contributed by atoms with Crippen LogP contribution >= 0.6 is 11.3 Å². The van der Waals surface area contributed by atoms with Crippen LogP contribution in [0.3, 0.4) is 0 Å². The minimum absolute atomic E-state index is 0.507. The summed E-state index contributed by atoms with van der Waals surface area (Å²) >= 11 is 1.38. The van der Waals surface area contributed by atoms with Gasteiger partial charge in [0.2, 0.25) is 0 Å². The van der Waals surface area contributed by atoms with Crippen molar-refractivity contribution in [2.45, 2.75) is 13.8 Å². The third-order valence-corrected chi connectivity index (χ3v) is 3.00. The van der Waals surface area contributed by atoms with E-state index in [9.17, 15) is 4.79 Å². The summed E-state index contributed by atoms with van der Waals surface area (Å²) in [6.45, 7) is 3.83. The van der Waals surface area contributed by atoms with Crippen molar-refractivity contribution in [2.24, 2.45) is 5.73 Å². The van der Waals surface area contributed by atoms with Crippen molar-refractivity contribution >= 4 is 32.7 Å². The number of thiazole rings is 1. The van der Waals surface area contributed by atoms with E-state index in [4.69, 9.17) is 5.73 Å². The smallest absolute Gasteiger partial charge is 0.318 e. The van der Waals surface area contributed by atoms with Crippen LogP contribution in [0.25, 0.3) is 10.2 Å². The van der Waals surface area contributed by atoms with Gasteiger partial charge in [0.1, 0.15) is 0 Å². The average Bonchev–Trinajstić information content (AvgIpc) is 2.45. The summed E-state index contributed by atoms with van der Waals surface area (Å²) in [4.78, 5) is 19.2. The molecule has 2 heterocycles. The van der Waals surface area contributed by atoms with Gasteiger partial charge in [-0.25, -0.2) is 9.78 Å². The van der Waals surface area contributed by atoms with Gasteiger partial charge in [-0.15, -0.1) is 0 Å². The number of nitrogens with zero attached hydrogens (tertiary/aromatic N) is 2. The lowest BCUT2D eigenvalue weighted by molar-refractivity contribution is 0.259. The zero-order valence-corrected chi connectivity index (χ0v) is 9.18. The molecule has 2 amide bonds. The lowest BCUT2D eigenvalue weighted by atomic mass is 10.3. The number of aryl methyl sites for hydroxylation is 2. The van der Waals surface area contributed by atoms with Crippen LogP contribution in [0.4, 0.5) is 9.93 Å². The van der Waals surface area contributed by atoms with Crippen LogP contribution in [0.1, 0.15) is 11.4 Å². The number of hydrogen-bond acceptors (Lipinski definition) is 4. The molecule has 0 spiro atoms. The van der Waals surface area contributed by atoms with Gasteiger partial charge in [0.15, 0.2) is 5.13 Å². The zero-order chi connectivity index (χ0) is 11.0. The highest BCUT2D eigenvalue weighted by Gasteiger charge is 2.08. The second kappa shape index (κ2) is 3.47.